The predicted molar refractivity (Wildman–Crippen MR) is 61.5 cm³/mol. The molecule has 1 aromatic carbocycles. The Labute approximate surface area is 107 Å². The third kappa shape index (κ3) is 2.42. The summed E-state index contributed by atoms with van der Waals surface area (Å²) >= 11 is 8.08. The van der Waals surface area contributed by atoms with Gasteiger partial charge in [-0.3, -0.25) is 9.67 Å². The molecule has 1 N–H and O–H groups in total. The molecule has 0 aliphatic rings. The van der Waals surface area contributed by atoms with Crippen molar-refractivity contribution in [3.63, 3.8) is 0 Å². The number of halogens is 4. The summed E-state index contributed by atoms with van der Waals surface area (Å²) in [6, 6.07) is 3.33. The number of benzene rings is 1. The molecule has 0 aliphatic carbocycles. The topological polar surface area (TPSA) is 33.6 Å². The lowest BCUT2D eigenvalue weighted by Gasteiger charge is -2.10. The lowest BCUT2D eigenvalue weighted by Crippen LogP contribution is -2.06. The second-order valence-corrected chi connectivity index (χ2v) is 4.44. The summed E-state index contributed by atoms with van der Waals surface area (Å²) in [5.74, 6) is 0. The quantitative estimate of drug-likeness (QED) is 0.812. The van der Waals surface area contributed by atoms with Crippen LogP contribution in [0.25, 0.3) is 5.69 Å². The van der Waals surface area contributed by atoms with Gasteiger partial charge in [-0.25, -0.2) is 0 Å². The first kappa shape index (κ1) is 12.3. The SMILES string of the molecule is FC(F)(F)c1ccc(Br)c(-n2cn[nH]c2=S)c1. The summed E-state index contributed by atoms with van der Waals surface area (Å²) < 4.78 is 39.8. The first-order valence-electron chi connectivity index (χ1n) is 4.39. The van der Waals surface area contributed by atoms with E-state index < -0.39 is 11.7 Å². The molecular formula is C9H5BrF3N3S. The van der Waals surface area contributed by atoms with E-state index >= 15 is 0 Å². The van der Waals surface area contributed by atoms with Crippen molar-refractivity contribution < 1.29 is 13.2 Å². The van der Waals surface area contributed by atoms with Gasteiger partial charge in [-0.05, 0) is 46.3 Å². The zero-order valence-corrected chi connectivity index (χ0v) is 10.5. The highest BCUT2D eigenvalue weighted by molar-refractivity contribution is 9.10. The van der Waals surface area contributed by atoms with Crippen LogP contribution in [0.2, 0.25) is 0 Å². The number of hydrogen-bond donors (Lipinski definition) is 1. The van der Waals surface area contributed by atoms with Crippen LogP contribution in [0.4, 0.5) is 13.2 Å². The third-order valence-electron chi connectivity index (χ3n) is 2.09. The van der Waals surface area contributed by atoms with Gasteiger partial charge < -0.3 is 0 Å². The number of aromatic nitrogens is 3. The van der Waals surface area contributed by atoms with Crippen molar-refractivity contribution in [1.29, 1.82) is 0 Å². The fraction of sp³-hybridized carbons (Fsp3) is 0.111. The largest absolute Gasteiger partial charge is 0.416 e. The van der Waals surface area contributed by atoms with Gasteiger partial charge in [0.15, 0.2) is 4.77 Å². The summed E-state index contributed by atoms with van der Waals surface area (Å²) in [6.07, 6.45) is -3.07. The molecule has 2 aromatic rings. The predicted octanol–water partition coefficient (Wildman–Crippen LogP) is 3.71. The molecule has 0 fully saturated rings. The number of aromatic amines is 1. The molecule has 1 heterocycles. The van der Waals surface area contributed by atoms with Crippen LogP contribution >= 0.6 is 28.1 Å². The van der Waals surface area contributed by atoms with Crippen LogP contribution in [0, 0.1) is 4.77 Å². The summed E-state index contributed by atoms with van der Waals surface area (Å²) in [5, 5.41) is 6.14. The fourth-order valence-electron chi connectivity index (χ4n) is 1.29. The third-order valence-corrected chi connectivity index (χ3v) is 3.04. The van der Waals surface area contributed by atoms with Crippen LogP contribution < -0.4 is 0 Å². The zero-order valence-electron chi connectivity index (χ0n) is 8.12. The Balaban J connectivity index is 2.63. The lowest BCUT2D eigenvalue weighted by molar-refractivity contribution is -0.137. The van der Waals surface area contributed by atoms with E-state index in [9.17, 15) is 13.2 Å². The van der Waals surface area contributed by atoms with Crippen molar-refractivity contribution in [2.24, 2.45) is 0 Å². The molecule has 0 aliphatic heterocycles. The van der Waals surface area contributed by atoms with E-state index in [1.165, 1.54) is 17.0 Å². The standard InChI is InChI=1S/C9H5BrF3N3S/c10-6-2-1-5(9(11,12)13)3-7(6)16-4-14-15-8(16)17/h1-4H,(H,15,17). The van der Waals surface area contributed by atoms with Crippen LogP contribution in [0.3, 0.4) is 0 Å². The zero-order chi connectivity index (χ0) is 12.6. The van der Waals surface area contributed by atoms with Crippen molar-refractivity contribution in [1.82, 2.24) is 14.8 Å². The van der Waals surface area contributed by atoms with E-state index in [0.717, 1.165) is 12.1 Å². The van der Waals surface area contributed by atoms with Gasteiger partial charge in [0.2, 0.25) is 0 Å². The fourth-order valence-corrected chi connectivity index (χ4v) is 1.93. The van der Waals surface area contributed by atoms with Gasteiger partial charge in [0.05, 0.1) is 11.3 Å². The van der Waals surface area contributed by atoms with Gasteiger partial charge in [-0.1, -0.05) is 0 Å². The van der Waals surface area contributed by atoms with Crippen LogP contribution in [0.1, 0.15) is 5.56 Å². The summed E-state index contributed by atoms with van der Waals surface area (Å²) in [7, 11) is 0. The molecule has 0 spiro atoms. The van der Waals surface area contributed by atoms with E-state index in [4.69, 9.17) is 12.2 Å². The maximum atomic E-state index is 12.6. The van der Waals surface area contributed by atoms with Crippen LogP contribution in [-0.4, -0.2) is 14.8 Å². The number of nitrogens with zero attached hydrogens (tertiary/aromatic N) is 2. The molecule has 1 aromatic heterocycles. The van der Waals surface area contributed by atoms with Crippen LogP contribution in [0.5, 0.6) is 0 Å². The first-order chi connectivity index (χ1) is 7.89. The Morgan fingerprint density at radius 3 is 2.59 bits per heavy atom. The Kier molecular flexibility index (Phi) is 3.09. The Morgan fingerprint density at radius 1 is 1.35 bits per heavy atom. The second-order valence-electron chi connectivity index (χ2n) is 3.20. The second kappa shape index (κ2) is 4.26. The lowest BCUT2D eigenvalue weighted by atomic mass is 10.2. The van der Waals surface area contributed by atoms with E-state index in [1.54, 1.807) is 0 Å². The highest BCUT2D eigenvalue weighted by Crippen LogP contribution is 2.33. The molecule has 0 atom stereocenters. The van der Waals surface area contributed by atoms with Gasteiger partial charge in [0, 0.05) is 4.47 Å². The van der Waals surface area contributed by atoms with Gasteiger partial charge in [0.1, 0.15) is 6.33 Å². The minimum absolute atomic E-state index is 0.227. The number of alkyl halides is 3. The molecular weight excluding hydrogens is 319 g/mol. The minimum Gasteiger partial charge on any atom is -0.274 e. The molecule has 90 valence electrons. The van der Waals surface area contributed by atoms with Crippen molar-refractivity contribution in [2.75, 3.05) is 0 Å². The monoisotopic (exact) mass is 323 g/mol. The smallest absolute Gasteiger partial charge is 0.274 e. The summed E-state index contributed by atoms with van der Waals surface area (Å²) in [5.41, 5.74) is -0.447. The van der Waals surface area contributed by atoms with Crippen LogP contribution in [-0.2, 0) is 6.18 Å². The van der Waals surface area contributed by atoms with E-state index in [0.29, 0.717) is 10.2 Å². The van der Waals surface area contributed by atoms with Crippen molar-refractivity contribution in [3.05, 3.63) is 39.3 Å². The van der Waals surface area contributed by atoms with E-state index in [1.807, 2.05) is 0 Å². The molecule has 2 rings (SSSR count). The normalized spacial score (nSPS) is 11.8. The molecule has 0 radical (unpaired) electrons. The number of H-pyrrole nitrogens is 1. The van der Waals surface area contributed by atoms with Crippen molar-refractivity contribution in [3.8, 4) is 5.69 Å². The van der Waals surface area contributed by atoms with Gasteiger partial charge in [-0.15, -0.1) is 0 Å². The average Bonchev–Trinajstić information content (AvgIpc) is 2.63. The summed E-state index contributed by atoms with van der Waals surface area (Å²) in [4.78, 5) is 0. The molecule has 17 heavy (non-hydrogen) atoms. The molecule has 8 heteroatoms. The van der Waals surface area contributed by atoms with Crippen molar-refractivity contribution >= 4 is 28.1 Å². The number of nitrogens with one attached hydrogen (secondary N) is 1. The summed E-state index contributed by atoms with van der Waals surface area (Å²) in [6.45, 7) is 0. The highest BCUT2D eigenvalue weighted by atomic mass is 79.9. The van der Waals surface area contributed by atoms with E-state index in [-0.39, 0.29) is 4.77 Å². The highest BCUT2D eigenvalue weighted by Gasteiger charge is 2.31. The minimum atomic E-state index is -4.39. The molecule has 0 amide bonds. The average molecular weight is 324 g/mol. The maximum Gasteiger partial charge on any atom is 0.416 e. The Hall–Kier alpha value is -1.15. The number of rotatable bonds is 1. The molecule has 0 saturated carbocycles. The van der Waals surface area contributed by atoms with Crippen LogP contribution in [0.15, 0.2) is 29.0 Å². The molecule has 0 unspecified atom stereocenters. The Bertz CT molecular complexity index is 602. The van der Waals surface area contributed by atoms with E-state index in [2.05, 4.69) is 26.1 Å². The van der Waals surface area contributed by atoms with Gasteiger partial charge in [-0.2, -0.15) is 18.3 Å². The first-order valence-corrected chi connectivity index (χ1v) is 5.59. The Morgan fingerprint density at radius 2 is 2.06 bits per heavy atom. The van der Waals surface area contributed by atoms with Gasteiger partial charge >= 0.3 is 6.18 Å². The number of hydrogen-bond acceptors (Lipinski definition) is 2. The van der Waals surface area contributed by atoms with Crippen molar-refractivity contribution in [2.45, 2.75) is 6.18 Å². The maximum absolute atomic E-state index is 12.6. The molecule has 0 saturated heterocycles. The molecule has 0 bridgehead atoms. The molecule has 3 nitrogen and oxygen atoms in total. The van der Waals surface area contributed by atoms with Gasteiger partial charge in [0.25, 0.3) is 0 Å².